The van der Waals surface area contributed by atoms with E-state index in [4.69, 9.17) is 33.9 Å². The van der Waals surface area contributed by atoms with Gasteiger partial charge in [-0.05, 0) is 31.2 Å². The predicted octanol–water partition coefficient (Wildman–Crippen LogP) is 4.56. The van der Waals surface area contributed by atoms with E-state index in [1.807, 2.05) is 12.1 Å². The van der Waals surface area contributed by atoms with E-state index in [2.05, 4.69) is 68.1 Å². The standard InChI is InChI=1S/C28H32Cl2N8O/c1-37-14-15-38(24(18-37)19-8-3-2-4-9-19)13-7-12-32-28(30)33-17-20-16-22(29)25(35-26(20)36-28)21-10-5-6-11-23(21)34-27(31)39/h2-6,8-11,16-17,24,32H,7,12-15,18H2,1H3,(H,35,36)(H3,31,34,39). The number of anilines is 2. The molecule has 0 aliphatic carbocycles. The van der Waals surface area contributed by atoms with Crippen LogP contribution in [0.5, 0.6) is 0 Å². The summed E-state index contributed by atoms with van der Waals surface area (Å²) in [5.41, 5.74) is 9.04. The number of likely N-dealkylation sites (N-methyl/N-ethyl adjacent to an activating group) is 1. The number of halogens is 2. The number of aromatic nitrogens is 1. The van der Waals surface area contributed by atoms with Gasteiger partial charge in [0.15, 0.2) is 0 Å². The monoisotopic (exact) mass is 566 g/mol. The minimum Gasteiger partial charge on any atom is -0.351 e. The van der Waals surface area contributed by atoms with Gasteiger partial charge in [0.1, 0.15) is 5.82 Å². The van der Waals surface area contributed by atoms with Crippen molar-refractivity contribution in [2.45, 2.75) is 17.7 Å². The number of urea groups is 1. The summed E-state index contributed by atoms with van der Waals surface area (Å²) in [5.74, 6) is 0.531. The van der Waals surface area contributed by atoms with Crippen LogP contribution >= 0.6 is 23.2 Å². The number of hydrogen-bond donors (Lipinski definition) is 4. The van der Waals surface area contributed by atoms with Gasteiger partial charge in [0.25, 0.3) is 5.25 Å². The molecule has 2 amide bonds. The molecule has 5 N–H and O–H groups in total. The molecule has 0 bridgehead atoms. The minimum absolute atomic E-state index is 0.368. The molecule has 2 aliphatic rings. The van der Waals surface area contributed by atoms with Crippen molar-refractivity contribution in [1.82, 2.24) is 20.1 Å². The Bertz CT molecular complexity index is 1350. The quantitative estimate of drug-likeness (QED) is 0.181. The Morgan fingerprint density at radius 3 is 2.74 bits per heavy atom. The second-order valence-electron chi connectivity index (χ2n) is 9.80. The number of nitrogens with two attached hydrogens (primary N) is 1. The number of carbonyl (C=O) groups excluding carboxylic acids is 1. The molecular weight excluding hydrogens is 535 g/mol. The van der Waals surface area contributed by atoms with Crippen LogP contribution in [-0.4, -0.2) is 72.0 Å². The second kappa shape index (κ2) is 11.9. The van der Waals surface area contributed by atoms with Gasteiger partial charge in [-0.2, -0.15) is 0 Å². The molecular formula is C28H32Cl2N8O. The van der Waals surface area contributed by atoms with Crippen molar-refractivity contribution in [3.8, 4) is 11.3 Å². The number of amides is 2. The van der Waals surface area contributed by atoms with Gasteiger partial charge in [-0.15, -0.1) is 0 Å². The van der Waals surface area contributed by atoms with Crippen molar-refractivity contribution in [3.63, 3.8) is 0 Å². The van der Waals surface area contributed by atoms with Crippen molar-refractivity contribution >= 4 is 47.0 Å². The maximum Gasteiger partial charge on any atom is 0.316 e. The topological polar surface area (TPSA) is 111 Å². The van der Waals surface area contributed by atoms with E-state index in [0.717, 1.165) is 32.6 Å². The number of primary amides is 1. The van der Waals surface area contributed by atoms with Crippen molar-refractivity contribution in [1.29, 1.82) is 0 Å². The summed E-state index contributed by atoms with van der Waals surface area (Å²) in [6, 6.07) is 19.3. The average Bonchev–Trinajstić information content (AvgIpc) is 2.92. The Labute approximate surface area is 238 Å². The SMILES string of the molecule is CN1CCN(CCCNC2(Cl)N=Cc3cc(Cl)c(-c4ccccc4NC(N)=O)nc3N2)C(c2ccccc2)C1. The summed E-state index contributed by atoms with van der Waals surface area (Å²) >= 11 is 13.4. The summed E-state index contributed by atoms with van der Waals surface area (Å²) < 4.78 is 0. The number of alkyl halides is 1. The Morgan fingerprint density at radius 2 is 1.95 bits per heavy atom. The van der Waals surface area contributed by atoms with Crippen LogP contribution in [0.25, 0.3) is 11.3 Å². The number of benzene rings is 2. The van der Waals surface area contributed by atoms with Gasteiger partial charge < -0.3 is 21.3 Å². The highest BCUT2D eigenvalue weighted by Gasteiger charge is 2.31. The highest BCUT2D eigenvalue weighted by atomic mass is 35.5. The van der Waals surface area contributed by atoms with E-state index >= 15 is 0 Å². The lowest BCUT2D eigenvalue weighted by molar-refractivity contribution is 0.0886. The summed E-state index contributed by atoms with van der Waals surface area (Å²) in [6.45, 7) is 4.67. The van der Waals surface area contributed by atoms with Gasteiger partial charge in [-0.25, -0.2) is 14.8 Å². The Morgan fingerprint density at radius 1 is 1.18 bits per heavy atom. The average molecular weight is 568 g/mol. The highest BCUT2D eigenvalue weighted by molar-refractivity contribution is 6.34. The van der Waals surface area contributed by atoms with Gasteiger partial charge in [0.05, 0.1) is 16.4 Å². The molecule has 1 aromatic heterocycles. The molecule has 3 aromatic rings. The molecule has 2 unspecified atom stereocenters. The van der Waals surface area contributed by atoms with E-state index in [9.17, 15) is 4.79 Å². The molecule has 2 aliphatic heterocycles. The van der Waals surface area contributed by atoms with Crippen molar-refractivity contribution in [3.05, 3.63) is 76.8 Å². The molecule has 0 saturated carbocycles. The summed E-state index contributed by atoms with van der Waals surface area (Å²) in [6.07, 6.45) is 2.56. The minimum atomic E-state index is -1.24. The number of nitrogens with zero attached hydrogens (tertiary/aromatic N) is 4. The van der Waals surface area contributed by atoms with Crippen molar-refractivity contribution in [2.75, 3.05) is 50.4 Å². The number of nitrogens with one attached hydrogen (secondary N) is 3. The number of hydrogen-bond acceptors (Lipinski definition) is 7. The third kappa shape index (κ3) is 6.51. The van der Waals surface area contributed by atoms with Crippen molar-refractivity contribution in [2.24, 2.45) is 10.7 Å². The normalized spacial score (nSPS) is 21.3. The Kier molecular flexibility index (Phi) is 8.34. The van der Waals surface area contributed by atoms with E-state index in [0.29, 0.717) is 45.9 Å². The Balaban J connectivity index is 1.24. The fourth-order valence-corrected chi connectivity index (χ4v) is 5.51. The Hall–Kier alpha value is -3.21. The number of pyridine rings is 1. The predicted molar refractivity (Wildman–Crippen MR) is 159 cm³/mol. The van der Waals surface area contributed by atoms with Crippen LogP contribution < -0.4 is 21.7 Å². The zero-order valence-corrected chi connectivity index (χ0v) is 23.2. The highest BCUT2D eigenvalue weighted by Crippen LogP contribution is 2.36. The van der Waals surface area contributed by atoms with Crippen LogP contribution in [-0.2, 0) is 0 Å². The molecule has 3 heterocycles. The molecule has 39 heavy (non-hydrogen) atoms. The second-order valence-corrected chi connectivity index (χ2v) is 10.8. The number of para-hydroxylation sites is 1. The van der Waals surface area contributed by atoms with Gasteiger partial charge in [-0.3, -0.25) is 10.2 Å². The first-order valence-corrected chi connectivity index (χ1v) is 13.7. The van der Waals surface area contributed by atoms with Gasteiger partial charge in [0.2, 0.25) is 0 Å². The summed E-state index contributed by atoms with van der Waals surface area (Å²) in [4.78, 5) is 25.6. The molecule has 1 fully saturated rings. The molecule has 2 atom stereocenters. The zero-order chi connectivity index (χ0) is 27.4. The smallest absolute Gasteiger partial charge is 0.316 e. The fraction of sp³-hybridized carbons (Fsp3) is 0.321. The molecule has 5 rings (SSSR count). The lowest BCUT2D eigenvalue weighted by atomic mass is 10.0. The van der Waals surface area contributed by atoms with Crippen LogP contribution in [0.4, 0.5) is 16.3 Å². The van der Waals surface area contributed by atoms with Gasteiger partial charge in [-0.1, -0.05) is 71.7 Å². The maximum absolute atomic E-state index is 11.5. The van der Waals surface area contributed by atoms with Crippen LogP contribution in [0, 0.1) is 0 Å². The lowest BCUT2D eigenvalue weighted by Crippen LogP contribution is -2.49. The first-order chi connectivity index (χ1) is 18.8. The molecule has 9 nitrogen and oxygen atoms in total. The van der Waals surface area contributed by atoms with Gasteiger partial charge in [0, 0.05) is 56.1 Å². The summed E-state index contributed by atoms with van der Waals surface area (Å²) in [5, 5.41) is 8.33. The largest absolute Gasteiger partial charge is 0.351 e. The first kappa shape index (κ1) is 27.4. The third-order valence-corrected chi connectivity index (χ3v) is 7.58. The lowest BCUT2D eigenvalue weighted by Gasteiger charge is -2.40. The summed E-state index contributed by atoms with van der Waals surface area (Å²) in [7, 11) is 2.18. The van der Waals surface area contributed by atoms with E-state index in [-0.39, 0.29) is 0 Å². The number of carbonyl (C=O) groups is 1. The molecule has 1 saturated heterocycles. The van der Waals surface area contributed by atoms with Crippen LogP contribution in [0.15, 0.2) is 65.7 Å². The number of rotatable bonds is 8. The van der Waals surface area contributed by atoms with Crippen molar-refractivity contribution < 1.29 is 4.79 Å². The van der Waals surface area contributed by atoms with Crippen LogP contribution in [0.3, 0.4) is 0 Å². The first-order valence-electron chi connectivity index (χ1n) is 12.9. The van der Waals surface area contributed by atoms with Crippen LogP contribution in [0.2, 0.25) is 5.02 Å². The molecule has 2 aromatic carbocycles. The maximum atomic E-state index is 11.5. The fourth-order valence-electron chi connectivity index (χ4n) is 5.01. The number of piperazine rings is 1. The number of aliphatic imine (C=N–C) groups is 1. The van der Waals surface area contributed by atoms with E-state index < -0.39 is 11.3 Å². The van der Waals surface area contributed by atoms with Gasteiger partial charge >= 0.3 is 6.03 Å². The van der Waals surface area contributed by atoms with E-state index in [1.54, 1.807) is 24.4 Å². The third-order valence-electron chi connectivity index (χ3n) is 6.97. The molecule has 11 heteroatoms. The molecule has 0 spiro atoms. The van der Waals surface area contributed by atoms with E-state index in [1.165, 1.54) is 5.56 Å². The molecule has 0 radical (unpaired) electrons. The van der Waals surface area contributed by atoms with Crippen LogP contribution in [0.1, 0.15) is 23.6 Å². The molecule has 204 valence electrons. The zero-order valence-electron chi connectivity index (χ0n) is 21.7. The number of fused-ring (bicyclic) bond motifs is 1.